The van der Waals surface area contributed by atoms with E-state index in [4.69, 9.17) is 0 Å². The highest BCUT2D eigenvalue weighted by atomic mass is 32.2. The summed E-state index contributed by atoms with van der Waals surface area (Å²) in [7, 11) is 0. The van der Waals surface area contributed by atoms with Gasteiger partial charge in [-0.15, -0.1) is 11.8 Å². The first-order valence-corrected chi connectivity index (χ1v) is 5.22. The summed E-state index contributed by atoms with van der Waals surface area (Å²) in [5, 5.41) is 0. The van der Waals surface area contributed by atoms with Crippen molar-refractivity contribution >= 4 is 11.8 Å². The summed E-state index contributed by atoms with van der Waals surface area (Å²) in [5.41, 5.74) is 1.07. The maximum Gasteiger partial charge on any atom is 0.389 e. The largest absolute Gasteiger partial charge is 0.389 e. The highest BCUT2D eigenvalue weighted by molar-refractivity contribution is 7.99. The zero-order valence-electron chi connectivity index (χ0n) is 7.77. The van der Waals surface area contributed by atoms with Crippen LogP contribution in [0, 0.1) is 6.92 Å². The van der Waals surface area contributed by atoms with Gasteiger partial charge >= 0.3 is 6.18 Å². The van der Waals surface area contributed by atoms with Crippen molar-refractivity contribution in [3.8, 4) is 0 Å². The normalized spacial score (nSPS) is 11.7. The van der Waals surface area contributed by atoms with Crippen molar-refractivity contribution < 1.29 is 13.2 Å². The molecule has 0 amide bonds. The van der Waals surface area contributed by atoms with Crippen molar-refractivity contribution in [2.75, 3.05) is 5.75 Å². The summed E-state index contributed by atoms with van der Waals surface area (Å²) in [6, 6.07) is 7.49. The summed E-state index contributed by atoms with van der Waals surface area (Å²) in [6.07, 6.45) is -4.78. The minimum Gasteiger partial charge on any atom is -0.171 e. The molecule has 0 aromatic heterocycles. The molecular weight excluding hydrogens is 209 g/mol. The summed E-state index contributed by atoms with van der Waals surface area (Å²) < 4.78 is 35.5. The van der Waals surface area contributed by atoms with E-state index >= 15 is 0 Å². The zero-order chi connectivity index (χ0) is 10.6. The fraction of sp³-hybridized carbons (Fsp3) is 0.400. The van der Waals surface area contributed by atoms with E-state index in [9.17, 15) is 13.2 Å². The molecule has 1 rings (SSSR count). The SMILES string of the molecule is Cc1cccc(SCCC(F)(F)F)c1. The summed E-state index contributed by atoms with van der Waals surface area (Å²) in [6.45, 7) is 1.92. The van der Waals surface area contributed by atoms with E-state index < -0.39 is 12.6 Å². The molecular formula is C10H11F3S. The molecule has 4 heteroatoms. The third kappa shape index (κ3) is 4.56. The molecule has 0 atom stereocenters. The van der Waals surface area contributed by atoms with E-state index in [1.54, 1.807) is 0 Å². The lowest BCUT2D eigenvalue weighted by Crippen LogP contribution is -2.07. The Balaban J connectivity index is 2.39. The topological polar surface area (TPSA) is 0 Å². The average Bonchev–Trinajstić information content (AvgIpc) is 2.01. The minimum absolute atomic E-state index is 0.0902. The standard InChI is InChI=1S/C10H11F3S/c1-8-3-2-4-9(7-8)14-6-5-10(11,12)13/h2-4,7H,5-6H2,1H3. The maximum atomic E-state index is 11.8. The number of alkyl halides is 3. The van der Waals surface area contributed by atoms with E-state index in [1.807, 2.05) is 31.2 Å². The van der Waals surface area contributed by atoms with E-state index in [-0.39, 0.29) is 5.75 Å². The van der Waals surface area contributed by atoms with E-state index in [1.165, 1.54) is 11.8 Å². The predicted octanol–water partition coefficient (Wildman–Crippen LogP) is 4.04. The molecule has 0 heterocycles. The molecule has 0 nitrogen and oxygen atoms in total. The molecule has 0 radical (unpaired) electrons. The summed E-state index contributed by atoms with van der Waals surface area (Å²) in [5.74, 6) is 0.0902. The monoisotopic (exact) mass is 220 g/mol. The molecule has 0 spiro atoms. The Labute approximate surface area is 85.5 Å². The van der Waals surface area contributed by atoms with Crippen LogP contribution in [0.1, 0.15) is 12.0 Å². The number of hydrogen-bond donors (Lipinski definition) is 0. The van der Waals surface area contributed by atoms with E-state index in [2.05, 4.69) is 0 Å². The van der Waals surface area contributed by atoms with Crippen LogP contribution in [-0.2, 0) is 0 Å². The van der Waals surface area contributed by atoms with Crippen LogP contribution in [0.4, 0.5) is 13.2 Å². The van der Waals surface area contributed by atoms with Gasteiger partial charge in [-0.2, -0.15) is 13.2 Å². The first-order valence-electron chi connectivity index (χ1n) is 4.23. The second-order valence-electron chi connectivity index (χ2n) is 3.03. The maximum absolute atomic E-state index is 11.8. The van der Waals surface area contributed by atoms with E-state index in [0.717, 1.165) is 10.5 Å². The Bertz CT molecular complexity index is 294. The van der Waals surface area contributed by atoms with Crippen LogP contribution in [0.5, 0.6) is 0 Å². The number of thioether (sulfide) groups is 1. The lowest BCUT2D eigenvalue weighted by Gasteiger charge is -2.05. The quantitative estimate of drug-likeness (QED) is 0.693. The van der Waals surface area contributed by atoms with Gasteiger partial charge in [0.1, 0.15) is 0 Å². The molecule has 0 bridgehead atoms. The highest BCUT2D eigenvalue weighted by Gasteiger charge is 2.26. The lowest BCUT2D eigenvalue weighted by atomic mass is 10.2. The molecule has 0 saturated heterocycles. The number of benzene rings is 1. The smallest absolute Gasteiger partial charge is 0.171 e. The van der Waals surface area contributed by atoms with Crippen LogP contribution in [0.3, 0.4) is 0 Å². The molecule has 78 valence electrons. The highest BCUT2D eigenvalue weighted by Crippen LogP contribution is 2.26. The van der Waals surface area contributed by atoms with Gasteiger partial charge in [0.2, 0.25) is 0 Å². The Morgan fingerprint density at radius 3 is 2.57 bits per heavy atom. The van der Waals surface area contributed by atoms with Crippen molar-refractivity contribution in [3.05, 3.63) is 29.8 Å². The molecule has 0 unspecified atom stereocenters. The summed E-state index contributed by atoms with van der Waals surface area (Å²) in [4.78, 5) is 0.897. The number of rotatable bonds is 3. The van der Waals surface area contributed by atoms with Crippen molar-refractivity contribution in [2.45, 2.75) is 24.4 Å². The second kappa shape index (κ2) is 4.73. The van der Waals surface area contributed by atoms with Gasteiger partial charge in [0, 0.05) is 10.6 Å². The van der Waals surface area contributed by atoms with Gasteiger partial charge in [-0.3, -0.25) is 0 Å². The third-order valence-electron chi connectivity index (χ3n) is 1.64. The third-order valence-corrected chi connectivity index (χ3v) is 2.64. The second-order valence-corrected chi connectivity index (χ2v) is 4.20. The first-order chi connectivity index (χ1) is 6.47. The molecule has 14 heavy (non-hydrogen) atoms. The van der Waals surface area contributed by atoms with Gasteiger partial charge < -0.3 is 0 Å². The summed E-state index contributed by atoms with van der Waals surface area (Å²) >= 11 is 1.24. The molecule has 1 aromatic rings. The fourth-order valence-electron chi connectivity index (χ4n) is 0.990. The minimum atomic E-state index is -4.04. The molecule has 0 N–H and O–H groups in total. The zero-order valence-corrected chi connectivity index (χ0v) is 8.58. The van der Waals surface area contributed by atoms with Crippen LogP contribution in [0.2, 0.25) is 0 Å². The van der Waals surface area contributed by atoms with Gasteiger partial charge in [-0.05, 0) is 19.1 Å². The Morgan fingerprint density at radius 1 is 1.29 bits per heavy atom. The van der Waals surface area contributed by atoms with Gasteiger partial charge in [0.15, 0.2) is 0 Å². The van der Waals surface area contributed by atoms with Gasteiger partial charge in [0.05, 0.1) is 6.42 Å². The number of hydrogen-bond acceptors (Lipinski definition) is 1. The van der Waals surface area contributed by atoms with Crippen molar-refractivity contribution in [2.24, 2.45) is 0 Å². The molecule has 0 aliphatic carbocycles. The fourth-order valence-corrected chi connectivity index (χ4v) is 2.00. The van der Waals surface area contributed by atoms with Gasteiger partial charge in [-0.25, -0.2) is 0 Å². The van der Waals surface area contributed by atoms with E-state index in [0.29, 0.717) is 0 Å². The Hall–Kier alpha value is -0.640. The van der Waals surface area contributed by atoms with Crippen molar-refractivity contribution in [3.63, 3.8) is 0 Å². The van der Waals surface area contributed by atoms with Crippen LogP contribution in [-0.4, -0.2) is 11.9 Å². The van der Waals surface area contributed by atoms with Crippen LogP contribution < -0.4 is 0 Å². The molecule has 0 saturated carbocycles. The predicted molar refractivity (Wildman–Crippen MR) is 52.6 cm³/mol. The average molecular weight is 220 g/mol. The molecule has 0 aliphatic heterocycles. The van der Waals surface area contributed by atoms with Crippen molar-refractivity contribution in [1.82, 2.24) is 0 Å². The molecule has 1 aromatic carbocycles. The van der Waals surface area contributed by atoms with Gasteiger partial charge in [0.25, 0.3) is 0 Å². The lowest BCUT2D eigenvalue weighted by molar-refractivity contribution is -0.129. The Morgan fingerprint density at radius 2 is 2.00 bits per heavy atom. The molecule has 0 aliphatic rings. The number of halogens is 3. The van der Waals surface area contributed by atoms with Crippen LogP contribution in [0.25, 0.3) is 0 Å². The Kier molecular flexibility index (Phi) is 3.86. The van der Waals surface area contributed by atoms with Gasteiger partial charge in [-0.1, -0.05) is 17.7 Å². The van der Waals surface area contributed by atoms with Crippen LogP contribution in [0.15, 0.2) is 29.2 Å². The van der Waals surface area contributed by atoms with Crippen molar-refractivity contribution in [1.29, 1.82) is 0 Å². The number of aryl methyl sites for hydroxylation is 1. The van der Waals surface area contributed by atoms with Crippen LogP contribution >= 0.6 is 11.8 Å². The first kappa shape index (κ1) is 11.4. The molecule has 0 fully saturated rings.